The average Bonchev–Trinajstić information content (AvgIpc) is 3.27. The van der Waals surface area contributed by atoms with Crippen molar-refractivity contribution in [2.75, 3.05) is 39.8 Å². The van der Waals surface area contributed by atoms with Crippen molar-refractivity contribution in [3.63, 3.8) is 0 Å². The monoisotopic (exact) mass is 419 g/mol. The van der Waals surface area contributed by atoms with Gasteiger partial charge in [-0.15, -0.1) is 0 Å². The Labute approximate surface area is 183 Å². The van der Waals surface area contributed by atoms with Crippen LogP contribution in [0.5, 0.6) is 0 Å². The zero-order chi connectivity index (χ0) is 21.5. The molecule has 0 saturated carbocycles. The highest BCUT2D eigenvalue weighted by molar-refractivity contribution is 5.80. The first kappa shape index (κ1) is 21.0. The molecule has 162 valence electrons. The van der Waals surface area contributed by atoms with Gasteiger partial charge in [-0.2, -0.15) is 4.98 Å². The number of guanidine groups is 1. The summed E-state index contributed by atoms with van der Waals surface area (Å²) in [6, 6.07) is 14.4. The van der Waals surface area contributed by atoms with E-state index in [1.807, 2.05) is 25.2 Å². The number of aromatic nitrogens is 3. The molecule has 0 spiro atoms. The van der Waals surface area contributed by atoms with E-state index < -0.39 is 0 Å². The fraction of sp³-hybridized carbons (Fsp3) is 0.391. The number of pyridine rings is 1. The number of aryl methyl sites for hydroxylation is 1. The molecule has 8 heteroatoms. The smallest absolute Gasteiger partial charge is 0.276 e. The van der Waals surface area contributed by atoms with Gasteiger partial charge in [0, 0.05) is 58.9 Å². The molecule has 1 aliphatic heterocycles. The minimum atomic E-state index is 0.449. The molecule has 0 bridgehead atoms. The lowest BCUT2D eigenvalue weighted by Crippen LogP contribution is -2.52. The maximum Gasteiger partial charge on any atom is 0.276 e. The normalized spacial score (nSPS) is 15.3. The summed E-state index contributed by atoms with van der Waals surface area (Å²) in [4.78, 5) is 17.9. The summed E-state index contributed by atoms with van der Waals surface area (Å²) in [5, 5.41) is 7.49. The lowest BCUT2D eigenvalue weighted by Gasteiger charge is -2.36. The average molecular weight is 420 g/mol. The minimum Gasteiger partial charge on any atom is -0.356 e. The van der Waals surface area contributed by atoms with Crippen LogP contribution < -0.4 is 5.32 Å². The van der Waals surface area contributed by atoms with Gasteiger partial charge in [0.25, 0.3) is 5.89 Å². The number of rotatable bonds is 6. The SMILES string of the molecule is CN=C(NCCc1noc(-c2ccccn2)n1)N1CCN(Cc2cccc(C)c2)CC1. The van der Waals surface area contributed by atoms with Gasteiger partial charge in [0.05, 0.1) is 0 Å². The van der Waals surface area contributed by atoms with Crippen molar-refractivity contribution in [1.29, 1.82) is 0 Å². The Morgan fingerprint density at radius 2 is 2.00 bits per heavy atom. The molecule has 1 aliphatic rings. The first-order chi connectivity index (χ1) is 15.2. The summed E-state index contributed by atoms with van der Waals surface area (Å²) < 4.78 is 5.32. The topological polar surface area (TPSA) is 82.7 Å². The van der Waals surface area contributed by atoms with Crippen LogP contribution >= 0.6 is 0 Å². The lowest BCUT2D eigenvalue weighted by atomic mass is 10.1. The molecule has 4 rings (SSSR count). The highest BCUT2D eigenvalue weighted by atomic mass is 16.5. The molecule has 31 heavy (non-hydrogen) atoms. The van der Waals surface area contributed by atoms with E-state index in [9.17, 15) is 0 Å². The molecular formula is C23H29N7O. The predicted octanol–water partition coefficient (Wildman–Crippen LogP) is 2.38. The van der Waals surface area contributed by atoms with E-state index in [4.69, 9.17) is 4.52 Å². The maximum atomic E-state index is 5.32. The van der Waals surface area contributed by atoms with Crippen LogP contribution in [-0.4, -0.2) is 70.7 Å². The fourth-order valence-corrected chi connectivity index (χ4v) is 3.75. The third-order valence-corrected chi connectivity index (χ3v) is 5.36. The standard InChI is InChI=1S/C23H29N7O/c1-18-6-5-7-19(16-18)17-29-12-14-30(15-13-29)23(24-2)26-11-9-21-27-22(31-28-21)20-8-3-4-10-25-20/h3-8,10,16H,9,11-15,17H2,1-2H3,(H,24,26). The zero-order valence-corrected chi connectivity index (χ0v) is 18.2. The first-order valence-electron chi connectivity index (χ1n) is 10.7. The molecule has 1 fully saturated rings. The predicted molar refractivity (Wildman–Crippen MR) is 121 cm³/mol. The van der Waals surface area contributed by atoms with Gasteiger partial charge in [0.1, 0.15) is 5.69 Å². The maximum absolute atomic E-state index is 5.32. The van der Waals surface area contributed by atoms with Gasteiger partial charge in [-0.1, -0.05) is 41.1 Å². The Morgan fingerprint density at radius 1 is 1.13 bits per heavy atom. The number of hydrogen-bond acceptors (Lipinski definition) is 6. The summed E-state index contributed by atoms with van der Waals surface area (Å²) in [6.07, 6.45) is 2.37. The molecule has 0 aliphatic carbocycles. The Kier molecular flexibility index (Phi) is 6.89. The zero-order valence-electron chi connectivity index (χ0n) is 18.2. The van der Waals surface area contributed by atoms with Crippen molar-refractivity contribution in [2.24, 2.45) is 4.99 Å². The van der Waals surface area contributed by atoms with Crippen LogP contribution in [0.2, 0.25) is 0 Å². The lowest BCUT2D eigenvalue weighted by molar-refractivity contribution is 0.172. The van der Waals surface area contributed by atoms with Gasteiger partial charge >= 0.3 is 0 Å². The Balaban J connectivity index is 1.23. The number of piperazine rings is 1. The number of hydrogen-bond donors (Lipinski definition) is 1. The molecule has 1 saturated heterocycles. The van der Waals surface area contributed by atoms with E-state index in [0.29, 0.717) is 30.4 Å². The summed E-state index contributed by atoms with van der Waals surface area (Å²) >= 11 is 0. The number of benzene rings is 1. The number of aliphatic imine (C=N–C) groups is 1. The van der Waals surface area contributed by atoms with Gasteiger partial charge in [0.15, 0.2) is 11.8 Å². The van der Waals surface area contributed by atoms with Crippen molar-refractivity contribution in [2.45, 2.75) is 19.9 Å². The van der Waals surface area contributed by atoms with Gasteiger partial charge in [-0.3, -0.25) is 14.9 Å². The Bertz CT molecular complexity index is 994. The molecule has 3 heterocycles. The molecule has 0 radical (unpaired) electrons. The van der Waals surface area contributed by atoms with Crippen LogP contribution in [0.25, 0.3) is 11.6 Å². The molecule has 1 aromatic carbocycles. The molecule has 0 amide bonds. The quantitative estimate of drug-likeness (QED) is 0.485. The highest BCUT2D eigenvalue weighted by Gasteiger charge is 2.19. The molecule has 0 atom stereocenters. The van der Waals surface area contributed by atoms with E-state index in [2.05, 4.69) is 66.4 Å². The van der Waals surface area contributed by atoms with Crippen molar-refractivity contribution in [3.05, 3.63) is 65.6 Å². The summed E-state index contributed by atoms with van der Waals surface area (Å²) in [5.41, 5.74) is 3.38. The van der Waals surface area contributed by atoms with Crippen molar-refractivity contribution in [1.82, 2.24) is 30.2 Å². The van der Waals surface area contributed by atoms with E-state index in [-0.39, 0.29) is 0 Å². The van der Waals surface area contributed by atoms with E-state index in [1.54, 1.807) is 6.20 Å². The van der Waals surface area contributed by atoms with E-state index in [0.717, 1.165) is 38.7 Å². The van der Waals surface area contributed by atoms with E-state index >= 15 is 0 Å². The minimum absolute atomic E-state index is 0.449. The van der Waals surface area contributed by atoms with Gasteiger partial charge < -0.3 is 14.7 Å². The van der Waals surface area contributed by atoms with Crippen LogP contribution in [-0.2, 0) is 13.0 Å². The van der Waals surface area contributed by atoms with E-state index in [1.165, 1.54) is 11.1 Å². The highest BCUT2D eigenvalue weighted by Crippen LogP contribution is 2.13. The van der Waals surface area contributed by atoms with Crippen LogP contribution in [0.15, 0.2) is 58.2 Å². The van der Waals surface area contributed by atoms with Gasteiger partial charge in [0.2, 0.25) is 0 Å². The fourth-order valence-electron chi connectivity index (χ4n) is 3.75. The first-order valence-corrected chi connectivity index (χ1v) is 10.7. The molecule has 3 aromatic rings. The van der Waals surface area contributed by atoms with Gasteiger partial charge in [-0.05, 0) is 24.6 Å². The summed E-state index contributed by atoms with van der Waals surface area (Å²) in [5.74, 6) is 2.03. The summed E-state index contributed by atoms with van der Waals surface area (Å²) in [7, 11) is 1.83. The largest absolute Gasteiger partial charge is 0.356 e. The molecule has 2 aromatic heterocycles. The van der Waals surface area contributed by atoms with Crippen LogP contribution in [0, 0.1) is 6.92 Å². The third-order valence-electron chi connectivity index (χ3n) is 5.36. The second-order valence-corrected chi connectivity index (χ2v) is 7.71. The summed E-state index contributed by atoms with van der Waals surface area (Å²) in [6.45, 7) is 7.79. The Hall–Kier alpha value is -3.26. The number of nitrogens with one attached hydrogen (secondary N) is 1. The Morgan fingerprint density at radius 3 is 2.74 bits per heavy atom. The van der Waals surface area contributed by atoms with Crippen LogP contribution in [0.4, 0.5) is 0 Å². The van der Waals surface area contributed by atoms with Crippen LogP contribution in [0.3, 0.4) is 0 Å². The van der Waals surface area contributed by atoms with Crippen molar-refractivity contribution in [3.8, 4) is 11.6 Å². The van der Waals surface area contributed by atoms with Crippen LogP contribution in [0.1, 0.15) is 17.0 Å². The molecule has 1 N–H and O–H groups in total. The molecule has 8 nitrogen and oxygen atoms in total. The molecule has 0 unspecified atom stereocenters. The van der Waals surface area contributed by atoms with Crippen molar-refractivity contribution >= 4 is 5.96 Å². The van der Waals surface area contributed by atoms with Crippen molar-refractivity contribution < 1.29 is 4.52 Å². The molecular weight excluding hydrogens is 390 g/mol. The van der Waals surface area contributed by atoms with Gasteiger partial charge in [-0.25, -0.2) is 0 Å². The second kappa shape index (κ2) is 10.2. The third kappa shape index (κ3) is 5.67. The number of nitrogens with zero attached hydrogens (tertiary/aromatic N) is 6. The second-order valence-electron chi connectivity index (χ2n) is 7.71.